The van der Waals surface area contributed by atoms with Gasteiger partial charge in [-0.3, -0.25) is 4.79 Å². The molecule has 26 heavy (non-hydrogen) atoms. The monoisotopic (exact) mass is 369 g/mol. The van der Waals surface area contributed by atoms with E-state index in [0.29, 0.717) is 12.1 Å². The number of hydrogen-bond donors (Lipinski definition) is 2. The average molecular weight is 369 g/mol. The fourth-order valence-electron chi connectivity index (χ4n) is 3.58. The lowest BCUT2D eigenvalue weighted by Crippen LogP contribution is -2.42. The van der Waals surface area contributed by atoms with Gasteiger partial charge in [-0.2, -0.15) is 13.2 Å². The quantitative estimate of drug-likeness (QED) is 0.857. The molecule has 1 aromatic carbocycles. The predicted molar refractivity (Wildman–Crippen MR) is 89.2 cm³/mol. The summed E-state index contributed by atoms with van der Waals surface area (Å²) in [5, 5.41) is 5.28. The van der Waals surface area contributed by atoms with Gasteiger partial charge in [-0.05, 0) is 30.5 Å². The largest absolute Gasteiger partial charge is 0.416 e. The zero-order valence-corrected chi connectivity index (χ0v) is 14.3. The minimum atomic E-state index is -4.42. The van der Waals surface area contributed by atoms with Crippen molar-refractivity contribution >= 4 is 11.9 Å². The van der Waals surface area contributed by atoms with E-state index in [1.54, 1.807) is 4.90 Å². The van der Waals surface area contributed by atoms with Gasteiger partial charge in [0.1, 0.15) is 6.04 Å². The van der Waals surface area contributed by atoms with E-state index in [-0.39, 0.29) is 24.5 Å². The van der Waals surface area contributed by atoms with Crippen LogP contribution in [-0.2, 0) is 17.5 Å². The van der Waals surface area contributed by atoms with Crippen LogP contribution in [0, 0.1) is 0 Å². The van der Waals surface area contributed by atoms with Crippen LogP contribution >= 0.6 is 0 Å². The molecular weight excluding hydrogens is 347 g/mol. The van der Waals surface area contributed by atoms with Crippen molar-refractivity contribution in [2.75, 3.05) is 6.54 Å². The van der Waals surface area contributed by atoms with Crippen molar-refractivity contribution in [1.82, 2.24) is 15.5 Å². The van der Waals surface area contributed by atoms with Gasteiger partial charge in [0, 0.05) is 12.6 Å². The Morgan fingerprint density at radius 3 is 2.65 bits per heavy atom. The van der Waals surface area contributed by atoms with E-state index in [1.807, 2.05) is 0 Å². The summed E-state index contributed by atoms with van der Waals surface area (Å²) in [6.07, 6.45) is 0.826. The first-order valence-electron chi connectivity index (χ1n) is 8.85. The Labute approximate surface area is 149 Å². The number of nitrogens with one attached hydrogen (secondary N) is 2. The van der Waals surface area contributed by atoms with Gasteiger partial charge in [0.25, 0.3) is 0 Å². The van der Waals surface area contributed by atoms with E-state index in [1.165, 1.54) is 18.6 Å². The van der Waals surface area contributed by atoms with Crippen LogP contribution in [0.5, 0.6) is 0 Å². The second-order valence-electron chi connectivity index (χ2n) is 6.86. The topological polar surface area (TPSA) is 61.4 Å². The average Bonchev–Trinajstić information content (AvgIpc) is 3.02. The summed E-state index contributed by atoms with van der Waals surface area (Å²) in [5.74, 6) is -0.380. The SMILES string of the molecule is O=C(NCc1cccc(C(F)(F)F)c1)C1CN(C2CCCCC2)C(=O)N1. The summed E-state index contributed by atoms with van der Waals surface area (Å²) < 4.78 is 38.2. The molecule has 1 saturated carbocycles. The Bertz CT molecular complexity index is 672. The molecule has 0 radical (unpaired) electrons. The lowest BCUT2D eigenvalue weighted by molar-refractivity contribution is -0.137. The molecule has 2 aliphatic rings. The van der Waals surface area contributed by atoms with Crippen LogP contribution < -0.4 is 10.6 Å². The first-order valence-corrected chi connectivity index (χ1v) is 8.85. The van der Waals surface area contributed by atoms with Crippen LogP contribution in [0.4, 0.5) is 18.0 Å². The van der Waals surface area contributed by atoms with Gasteiger partial charge in [-0.1, -0.05) is 31.4 Å². The number of halogens is 3. The van der Waals surface area contributed by atoms with E-state index in [9.17, 15) is 22.8 Å². The summed E-state index contributed by atoms with van der Waals surface area (Å²) in [6.45, 7) is 0.288. The van der Waals surface area contributed by atoms with Gasteiger partial charge in [-0.25, -0.2) is 4.79 Å². The molecule has 1 aliphatic carbocycles. The van der Waals surface area contributed by atoms with Crippen molar-refractivity contribution in [3.8, 4) is 0 Å². The highest BCUT2D eigenvalue weighted by atomic mass is 19.4. The molecule has 2 N–H and O–H groups in total. The van der Waals surface area contributed by atoms with Gasteiger partial charge < -0.3 is 15.5 Å². The third-order valence-corrected chi connectivity index (χ3v) is 4.99. The van der Waals surface area contributed by atoms with E-state index < -0.39 is 17.8 Å². The molecule has 1 aliphatic heterocycles. The standard InChI is InChI=1S/C18H22F3N3O2/c19-18(20,21)13-6-4-5-12(9-13)10-22-16(25)15-11-24(17(26)23-15)14-7-2-1-3-8-14/h4-6,9,14-15H,1-3,7-8,10-11H2,(H,22,25)(H,23,26). The van der Waals surface area contributed by atoms with Crippen LogP contribution in [0.1, 0.15) is 43.2 Å². The van der Waals surface area contributed by atoms with Crippen molar-refractivity contribution in [3.05, 3.63) is 35.4 Å². The number of rotatable bonds is 4. The number of carbonyl (C=O) groups is 2. The Morgan fingerprint density at radius 1 is 1.23 bits per heavy atom. The summed E-state index contributed by atoms with van der Waals surface area (Å²) in [4.78, 5) is 26.1. The molecule has 3 amide bonds. The number of carbonyl (C=O) groups excluding carboxylic acids is 2. The van der Waals surface area contributed by atoms with Crippen molar-refractivity contribution in [3.63, 3.8) is 0 Å². The molecule has 0 spiro atoms. The molecule has 2 fully saturated rings. The zero-order valence-electron chi connectivity index (χ0n) is 14.3. The fourth-order valence-corrected chi connectivity index (χ4v) is 3.58. The number of nitrogens with zero attached hydrogens (tertiary/aromatic N) is 1. The van der Waals surface area contributed by atoms with Gasteiger partial charge in [-0.15, -0.1) is 0 Å². The lowest BCUT2D eigenvalue weighted by atomic mass is 9.94. The van der Waals surface area contributed by atoms with Gasteiger partial charge in [0.05, 0.1) is 12.1 Å². The van der Waals surface area contributed by atoms with Crippen LogP contribution in [0.3, 0.4) is 0 Å². The van der Waals surface area contributed by atoms with E-state index in [4.69, 9.17) is 0 Å². The van der Waals surface area contributed by atoms with Crippen LogP contribution in [0.15, 0.2) is 24.3 Å². The molecule has 142 valence electrons. The molecule has 0 aromatic heterocycles. The molecule has 0 bridgehead atoms. The van der Waals surface area contributed by atoms with E-state index in [0.717, 1.165) is 37.8 Å². The summed E-state index contributed by atoms with van der Waals surface area (Å²) >= 11 is 0. The molecular formula is C18H22F3N3O2. The van der Waals surface area contributed by atoms with Crippen molar-refractivity contribution in [2.45, 2.75) is 56.9 Å². The predicted octanol–water partition coefficient (Wildman–Crippen LogP) is 3.05. The Morgan fingerprint density at radius 2 is 1.96 bits per heavy atom. The molecule has 3 rings (SSSR count). The maximum Gasteiger partial charge on any atom is 0.416 e. The number of urea groups is 1. The van der Waals surface area contributed by atoms with Gasteiger partial charge in [0.15, 0.2) is 0 Å². The molecule has 1 unspecified atom stereocenters. The Balaban J connectivity index is 1.55. The van der Waals surface area contributed by atoms with E-state index in [2.05, 4.69) is 10.6 Å². The van der Waals surface area contributed by atoms with Gasteiger partial charge in [0.2, 0.25) is 5.91 Å². The Hall–Kier alpha value is -2.25. The normalized spacial score (nSPS) is 21.6. The maximum absolute atomic E-state index is 12.7. The maximum atomic E-state index is 12.7. The van der Waals surface area contributed by atoms with Crippen LogP contribution in [-0.4, -0.2) is 35.5 Å². The molecule has 1 aromatic rings. The third kappa shape index (κ3) is 4.28. The van der Waals surface area contributed by atoms with Gasteiger partial charge >= 0.3 is 12.2 Å². The highest BCUT2D eigenvalue weighted by Crippen LogP contribution is 2.29. The Kier molecular flexibility index (Phi) is 5.38. The molecule has 1 saturated heterocycles. The molecule has 8 heteroatoms. The fraction of sp³-hybridized carbons (Fsp3) is 0.556. The molecule has 1 heterocycles. The number of hydrogen-bond acceptors (Lipinski definition) is 2. The smallest absolute Gasteiger partial charge is 0.350 e. The molecule has 1 atom stereocenters. The summed E-state index contributed by atoms with van der Waals surface area (Å²) in [7, 11) is 0. The van der Waals surface area contributed by atoms with Crippen LogP contribution in [0.25, 0.3) is 0 Å². The number of amides is 3. The second-order valence-corrected chi connectivity index (χ2v) is 6.86. The first-order chi connectivity index (χ1) is 12.3. The highest BCUT2D eigenvalue weighted by Gasteiger charge is 2.37. The summed E-state index contributed by atoms with van der Waals surface area (Å²) in [5.41, 5.74) is -0.386. The van der Waals surface area contributed by atoms with Crippen molar-refractivity contribution in [1.29, 1.82) is 0 Å². The molecule has 5 nitrogen and oxygen atoms in total. The van der Waals surface area contributed by atoms with Crippen molar-refractivity contribution < 1.29 is 22.8 Å². The summed E-state index contributed by atoms with van der Waals surface area (Å²) in [6, 6.07) is 4.10. The highest BCUT2D eigenvalue weighted by molar-refractivity contribution is 5.90. The third-order valence-electron chi connectivity index (χ3n) is 4.99. The van der Waals surface area contributed by atoms with Crippen molar-refractivity contribution in [2.24, 2.45) is 0 Å². The van der Waals surface area contributed by atoms with E-state index >= 15 is 0 Å². The number of benzene rings is 1. The minimum absolute atomic E-state index is 0.0153. The lowest BCUT2D eigenvalue weighted by Gasteiger charge is -2.30. The number of alkyl halides is 3. The van der Waals surface area contributed by atoms with Crippen LogP contribution in [0.2, 0.25) is 0 Å². The second kappa shape index (κ2) is 7.55. The minimum Gasteiger partial charge on any atom is -0.350 e. The zero-order chi connectivity index (χ0) is 18.7. The first kappa shape index (κ1) is 18.5.